The Kier molecular flexibility index (Phi) is 2.47. The van der Waals surface area contributed by atoms with Gasteiger partial charge in [0.05, 0.1) is 6.04 Å². The Bertz CT molecular complexity index is 306. The summed E-state index contributed by atoms with van der Waals surface area (Å²) in [5.74, 6) is 1.70. The van der Waals surface area contributed by atoms with E-state index < -0.39 is 0 Å². The predicted molar refractivity (Wildman–Crippen MR) is 55.7 cm³/mol. The van der Waals surface area contributed by atoms with Crippen LogP contribution in [0.25, 0.3) is 0 Å². The molecular formula is C10H14BrNO. The summed E-state index contributed by atoms with van der Waals surface area (Å²) >= 11 is 3.37. The zero-order valence-electron chi connectivity index (χ0n) is 7.93. The van der Waals surface area contributed by atoms with Crippen LogP contribution in [-0.4, -0.2) is 6.54 Å². The van der Waals surface area contributed by atoms with Crippen molar-refractivity contribution in [3.63, 3.8) is 0 Å². The Labute approximate surface area is 86.8 Å². The fourth-order valence-corrected chi connectivity index (χ4v) is 2.31. The van der Waals surface area contributed by atoms with E-state index >= 15 is 0 Å². The van der Waals surface area contributed by atoms with Crippen LogP contribution in [0.15, 0.2) is 15.2 Å². The van der Waals surface area contributed by atoms with E-state index in [2.05, 4.69) is 41.2 Å². The van der Waals surface area contributed by atoms with E-state index in [0.29, 0.717) is 12.0 Å². The first-order chi connectivity index (χ1) is 6.18. The zero-order valence-corrected chi connectivity index (χ0v) is 9.52. The third kappa shape index (κ3) is 1.67. The Morgan fingerprint density at radius 3 is 3.08 bits per heavy atom. The number of furan rings is 1. The van der Waals surface area contributed by atoms with Crippen molar-refractivity contribution >= 4 is 15.9 Å². The van der Waals surface area contributed by atoms with Crippen molar-refractivity contribution in [1.29, 1.82) is 0 Å². The number of fused-ring (bicyclic) bond motifs is 1. The number of halogens is 1. The highest BCUT2D eigenvalue weighted by Gasteiger charge is 2.26. The molecule has 0 spiro atoms. The van der Waals surface area contributed by atoms with Gasteiger partial charge in [0, 0.05) is 0 Å². The van der Waals surface area contributed by atoms with Gasteiger partial charge in [0.25, 0.3) is 0 Å². The smallest absolute Gasteiger partial charge is 0.169 e. The van der Waals surface area contributed by atoms with E-state index in [0.717, 1.165) is 23.4 Å². The van der Waals surface area contributed by atoms with Crippen molar-refractivity contribution in [2.75, 3.05) is 6.54 Å². The maximum absolute atomic E-state index is 5.63. The van der Waals surface area contributed by atoms with Gasteiger partial charge in [-0.3, -0.25) is 0 Å². The van der Waals surface area contributed by atoms with Crippen molar-refractivity contribution in [3.05, 3.63) is 22.1 Å². The Morgan fingerprint density at radius 2 is 2.38 bits per heavy atom. The first-order valence-corrected chi connectivity index (χ1v) is 5.49. The van der Waals surface area contributed by atoms with Crippen molar-refractivity contribution in [1.82, 2.24) is 5.32 Å². The second-order valence-corrected chi connectivity index (χ2v) is 4.65. The summed E-state index contributed by atoms with van der Waals surface area (Å²) in [7, 11) is 0. The second kappa shape index (κ2) is 3.46. The third-order valence-electron chi connectivity index (χ3n) is 2.52. The molecule has 1 aliphatic rings. The molecule has 0 fully saturated rings. The van der Waals surface area contributed by atoms with Gasteiger partial charge in [-0.2, -0.15) is 0 Å². The summed E-state index contributed by atoms with van der Waals surface area (Å²) in [6.45, 7) is 5.48. The van der Waals surface area contributed by atoms with Crippen LogP contribution >= 0.6 is 15.9 Å². The van der Waals surface area contributed by atoms with Crippen LogP contribution in [0.5, 0.6) is 0 Å². The van der Waals surface area contributed by atoms with Crippen LogP contribution in [-0.2, 0) is 6.42 Å². The molecular weight excluding hydrogens is 230 g/mol. The number of hydrogen-bond acceptors (Lipinski definition) is 2. The SMILES string of the molecule is CC(C)C1NCCc2cc(Br)oc21. The van der Waals surface area contributed by atoms with Crippen LogP contribution in [0, 0.1) is 5.92 Å². The quantitative estimate of drug-likeness (QED) is 0.821. The van der Waals surface area contributed by atoms with Gasteiger partial charge in [-0.25, -0.2) is 0 Å². The van der Waals surface area contributed by atoms with E-state index in [9.17, 15) is 0 Å². The molecule has 13 heavy (non-hydrogen) atoms. The number of rotatable bonds is 1. The van der Waals surface area contributed by atoms with Gasteiger partial charge in [0.1, 0.15) is 5.76 Å². The van der Waals surface area contributed by atoms with E-state index in [1.807, 2.05) is 0 Å². The summed E-state index contributed by atoms with van der Waals surface area (Å²) in [6, 6.07) is 2.47. The molecule has 1 aliphatic heterocycles. The monoisotopic (exact) mass is 243 g/mol. The Balaban J connectivity index is 2.36. The summed E-state index contributed by atoms with van der Waals surface area (Å²) in [5.41, 5.74) is 1.35. The van der Waals surface area contributed by atoms with E-state index in [1.165, 1.54) is 5.56 Å². The molecule has 2 heterocycles. The molecule has 1 unspecified atom stereocenters. The first kappa shape index (κ1) is 9.28. The largest absolute Gasteiger partial charge is 0.452 e. The van der Waals surface area contributed by atoms with Crippen LogP contribution in [0.2, 0.25) is 0 Å². The lowest BCUT2D eigenvalue weighted by Crippen LogP contribution is -2.32. The molecule has 0 saturated heterocycles. The molecule has 0 aromatic carbocycles. The summed E-state index contributed by atoms with van der Waals surface area (Å²) in [6.07, 6.45) is 1.08. The zero-order chi connectivity index (χ0) is 9.42. The van der Waals surface area contributed by atoms with E-state index in [1.54, 1.807) is 0 Å². The molecule has 1 atom stereocenters. The highest BCUT2D eigenvalue weighted by Crippen LogP contribution is 2.32. The van der Waals surface area contributed by atoms with E-state index in [4.69, 9.17) is 4.42 Å². The van der Waals surface area contributed by atoms with E-state index in [-0.39, 0.29) is 0 Å². The second-order valence-electron chi connectivity index (χ2n) is 3.87. The summed E-state index contributed by atoms with van der Waals surface area (Å²) in [4.78, 5) is 0. The van der Waals surface area contributed by atoms with Gasteiger partial charge < -0.3 is 9.73 Å². The molecule has 0 aliphatic carbocycles. The third-order valence-corrected chi connectivity index (χ3v) is 2.91. The average Bonchev–Trinajstić information content (AvgIpc) is 2.43. The minimum atomic E-state index is 0.384. The maximum atomic E-state index is 5.63. The number of hydrogen-bond donors (Lipinski definition) is 1. The summed E-state index contributed by atoms with van der Waals surface area (Å²) < 4.78 is 6.49. The molecule has 3 heteroatoms. The fraction of sp³-hybridized carbons (Fsp3) is 0.600. The highest BCUT2D eigenvalue weighted by atomic mass is 79.9. The lowest BCUT2D eigenvalue weighted by molar-refractivity contribution is 0.320. The van der Waals surface area contributed by atoms with Gasteiger partial charge in [-0.15, -0.1) is 0 Å². The fourth-order valence-electron chi connectivity index (χ4n) is 1.86. The maximum Gasteiger partial charge on any atom is 0.169 e. The molecule has 0 radical (unpaired) electrons. The average molecular weight is 244 g/mol. The van der Waals surface area contributed by atoms with Gasteiger partial charge in [-0.05, 0) is 46.4 Å². The van der Waals surface area contributed by atoms with Crippen molar-refractivity contribution in [2.24, 2.45) is 5.92 Å². The normalized spacial score (nSPS) is 22.0. The molecule has 1 aromatic heterocycles. The summed E-state index contributed by atoms with van der Waals surface area (Å²) in [5, 5.41) is 3.47. The molecule has 1 aromatic rings. The van der Waals surface area contributed by atoms with Gasteiger partial charge in [0.2, 0.25) is 0 Å². The van der Waals surface area contributed by atoms with Crippen molar-refractivity contribution in [3.8, 4) is 0 Å². The molecule has 72 valence electrons. The molecule has 0 amide bonds. The number of nitrogens with one attached hydrogen (secondary N) is 1. The van der Waals surface area contributed by atoms with Crippen molar-refractivity contribution in [2.45, 2.75) is 26.3 Å². The topological polar surface area (TPSA) is 25.2 Å². The standard InChI is InChI=1S/C10H14BrNO/c1-6(2)9-10-7(3-4-12-9)5-8(11)13-10/h5-6,9,12H,3-4H2,1-2H3. The lowest BCUT2D eigenvalue weighted by atomic mass is 9.95. The van der Waals surface area contributed by atoms with Crippen LogP contribution in [0.4, 0.5) is 0 Å². The minimum Gasteiger partial charge on any atom is -0.452 e. The molecule has 1 N–H and O–H groups in total. The van der Waals surface area contributed by atoms with Crippen LogP contribution in [0.3, 0.4) is 0 Å². The van der Waals surface area contributed by atoms with Crippen molar-refractivity contribution < 1.29 is 4.42 Å². The van der Waals surface area contributed by atoms with Gasteiger partial charge in [0.15, 0.2) is 4.67 Å². The van der Waals surface area contributed by atoms with Crippen LogP contribution < -0.4 is 5.32 Å². The van der Waals surface area contributed by atoms with Gasteiger partial charge >= 0.3 is 0 Å². The molecule has 0 bridgehead atoms. The van der Waals surface area contributed by atoms with Crippen LogP contribution in [0.1, 0.15) is 31.2 Å². The highest BCUT2D eigenvalue weighted by molar-refractivity contribution is 9.10. The Morgan fingerprint density at radius 1 is 1.62 bits per heavy atom. The molecule has 0 saturated carbocycles. The first-order valence-electron chi connectivity index (χ1n) is 4.70. The predicted octanol–water partition coefficient (Wildman–Crippen LogP) is 2.88. The Hall–Kier alpha value is -0.280. The minimum absolute atomic E-state index is 0.384. The molecule has 2 nitrogen and oxygen atoms in total. The lowest BCUT2D eigenvalue weighted by Gasteiger charge is -2.25. The van der Waals surface area contributed by atoms with Gasteiger partial charge in [-0.1, -0.05) is 13.8 Å². The molecule has 2 rings (SSSR count).